The van der Waals surface area contributed by atoms with Gasteiger partial charge < -0.3 is 9.64 Å². The summed E-state index contributed by atoms with van der Waals surface area (Å²) in [5, 5.41) is 0. The van der Waals surface area contributed by atoms with Gasteiger partial charge in [-0.2, -0.15) is 0 Å². The van der Waals surface area contributed by atoms with Crippen molar-refractivity contribution in [1.29, 1.82) is 0 Å². The molecule has 0 atom stereocenters. The van der Waals surface area contributed by atoms with Crippen LogP contribution in [0.1, 0.15) is 29.9 Å². The lowest BCUT2D eigenvalue weighted by atomic mass is 10.0. The number of carbonyl (C=O) groups excluding carboxylic acids is 1. The van der Waals surface area contributed by atoms with Crippen LogP contribution in [-0.2, 0) is 13.1 Å². The van der Waals surface area contributed by atoms with E-state index in [1.165, 1.54) is 5.56 Å². The molecular formula is C19H24N4O2. The first-order valence-corrected chi connectivity index (χ1v) is 8.86. The maximum Gasteiger partial charge on any atom is 0.330 e. The highest BCUT2D eigenvalue weighted by Gasteiger charge is 2.35. The molecule has 0 unspecified atom stereocenters. The van der Waals surface area contributed by atoms with E-state index in [1.807, 2.05) is 30.2 Å². The normalized spacial score (nSPS) is 18.6. The Morgan fingerprint density at radius 1 is 1.24 bits per heavy atom. The molecule has 0 radical (unpaired) electrons. The summed E-state index contributed by atoms with van der Waals surface area (Å²) in [6, 6.07) is 8.60. The minimum Gasteiger partial charge on any atom is -0.496 e. The highest BCUT2D eigenvalue weighted by Crippen LogP contribution is 2.27. The van der Waals surface area contributed by atoms with E-state index >= 15 is 0 Å². The molecule has 2 aliphatic heterocycles. The van der Waals surface area contributed by atoms with Crippen LogP contribution in [0.25, 0.3) is 0 Å². The second kappa shape index (κ2) is 6.52. The van der Waals surface area contributed by atoms with Gasteiger partial charge in [0.25, 0.3) is 0 Å². The van der Waals surface area contributed by atoms with Crippen molar-refractivity contribution in [2.45, 2.75) is 38.9 Å². The number of piperidine rings is 1. The highest BCUT2D eigenvalue weighted by atomic mass is 16.5. The van der Waals surface area contributed by atoms with Crippen molar-refractivity contribution in [1.82, 2.24) is 19.4 Å². The molecule has 132 valence electrons. The maximum atomic E-state index is 12.7. The number of para-hydroxylation sites is 1. The van der Waals surface area contributed by atoms with E-state index in [0.29, 0.717) is 12.6 Å². The van der Waals surface area contributed by atoms with Gasteiger partial charge >= 0.3 is 6.03 Å². The zero-order valence-corrected chi connectivity index (χ0v) is 14.8. The van der Waals surface area contributed by atoms with E-state index in [9.17, 15) is 4.79 Å². The Kier molecular flexibility index (Phi) is 4.21. The number of hydrogen-bond acceptors (Lipinski definition) is 4. The number of aromatic nitrogens is 2. The fourth-order valence-electron chi connectivity index (χ4n) is 3.98. The van der Waals surface area contributed by atoms with Crippen molar-refractivity contribution in [2.24, 2.45) is 0 Å². The number of benzene rings is 1. The molecule has 1 aromatic carbocycles. The Bertz CT molecular complexity index is 777. The van der Waals surface area contributed by atoms with E-state index < -0.39 is 0 Å². The van der Waals surface area contributed by atoms with Crippen LogP contribution in [0.3, 0.4) is 0 Å². The number of ether oxygens (including phenoxy) is 1. The minimum atomic E-state index is 0.0909. The van der Waals surface area contributed by atoms with Gasteiger partial charge in [0, 0.05) is 31.2 Å². The molecule has 6 nitrogen and oxygen atoms in total. The van der Waals surface area contributed by atoms with Gasteiger partial charge in [0.15, 0.2) is 0 Å². The SMILES string of the molecule is COc1ccccc1CN1CCC(N2Cc3cnc(C)n3C2=O)CC1. The first-order chi connectivity index (χ1) is 12.2. The van der Waals surface area contributed by atoms with Crippen LogP contribution < -0.4 is 4.74 Å². The number of imidazole rings is 1. The van der Waals surface area contributed by atoms with Crippen molar-refractivity contribution >= 4 is 6.03 Å². The van der Waals surface area contributed by atoms with Gasteiger partial charge in [-0.05, 0) is 25.8 Å². The smallest absolute Gasteiger partial charge is 0.330 e. The van der Waals surface area contributed by atoms with Crippen molar-refractivity contribution in [2.75, 3.05) is 20.2 Å². The first kappa shape index (κ1) is 16.1. The van der Waals surface area contributed by atoms with E-state index in [4.69, 9.17) is 4.74 Å². The van der Waals surface area contributed by atoms with Gasteiger partial charge in [0.05, 0.1) is 25.5 Å². The fourth-order valence-corrected chi connectivity index (χ4v) is 3.98. The van der Waals surface area contributed by atoms with Gasteiger partial charge in [0.1, 0.15) is 11.6 Å². The summed E-state index contributed by atoms with van der Waals surface area (Å²) in [6.45, 7) is 5.47. The Morgan fingerprint density at radius 2 is 2.00 bits per heavy atom. The van der Waals surface area contributed by atoms with Crippen LogP contribution in [-0.4, -0.2) is 51.6 Å². The molecule has 6 heteroatoms. The molecule has 2 aliphatic rings. The molecule has 2 aromatic rings. The molecule has 25 heavy (non-hydrogen) atoms. The van der Waals surface area contributed by atoms with E-state index in [2.05, 4.69) is 22.0 Å². The summed E-state index contributed by atoms with van der Waals surface area (Å²) < 4.78 is 7.20. The third-order valence-electron chi connectivity index (χ3n) is 5.36. The van der Waals surface area contributed by atoms with Crippen LogP contribution in [0.4, 0.5) is 4.79 Å². The molecule has 3 heterocycles. The molecule has 1 fully saturated rings. The lowest BCUT2D eigenvalue weighted by molar-refractivity contribution is 0.122. The van der Waals surface area contributed by atoms with E-state index in [-0.39, 0.29) is 6.03 Å². The van der Waals surface area contributed by atoms with E-state index in [0.717, 1.165) is 49.7 Å². The first-order valence-electron chi connectivity index (χ1n) is 8.86. The molecule has 1 amide bonds. The molecule has 0 saturated carbocycles. The minimum absolute atomic E-state index is 0.0909. The summed E-state index contributed by atoms with van der Waals surface area (Å²) in [7, 11) is 1.72. The molecule has 0 spiro atoms. The van der Waals surface area contributed by atoms with Gasteiger partial charge in [-0.3, -0.25) is 9.47 Å². The summed E-state index contributed by atoms with van der Waals surface area (Å²) in [6.07, 6.45) is 3.85. The average Bonchev–Trinajstić information content (AvgIpc) is 3.16. The van der Waals surface area contributed by atoms with Gasteiger partial charge in [-0.25, -0.2) is 9.78 Å². The van der Waals surface area contributed by atoms with Crippen LogP contribution in [0.2, 0.25) is 0 Å². The van der Waals surface area contributed by atoms with Crippen LogP contribution in [0.5, 0.6) is 5.75 Å². The second-order valence-corrected chi connectivity index (χ2v) is 6.86. The largest absolute Gasteiger partial charge is 0.496 e. The second-order valence-electron chi connectivity index (χ2n) is 6.86. The van der Waals surface area contributed by atoms with Crippen LogP contribution >= 0.6 is 0 Å². The van der Waals surface area contributed by atoms with Gasteiger partial charge in [-0.15, -0.1) is 0 Å². The number of fused-ring (bicyclic) bond motifs is 1. The fraction of sp³-hybridized carbons (Fsp3) is 0.474. The molecule has 0 N–H and O–H groups in total. The molecule has 0 bridgehead atoms. The molecule has 1 aromatic heterocycles. The Balaban J connectivity index is 1.37. The maximum absolute atomic E-state index is 12.7. The number of hydrogen-bond donors (Lipinski definition) is 0. The monoisotopic (exact) mass is 340 g/mol. The predicted molar refractivity (Wildman–Crippen MR) is 94.6 cm³/mol. The summed E-state index contributed by atoms with van der Waals surface area (Å²) in [5.74, 6) is 1.73. The van der Waals surface area contributed by atoms with Crippen molar-refractivity contribution in [3.8, 4) is 5.75 Å². The van der Waals surface area contributed by atoms with Crippen molar-refractivity contribution < 1.29 is 9.53 Å². The highest BCUT2D eigenvalue weighted by molar-refractivity contribution is 5.81. The number of nitrogens with zero attached hydrogens (tertiary/aromatic N) is 4. The van der Waals surface area contributed by atoms with Crippen molar-refractivity contribution in [3.05, 3.63) is 47.5 Å². The van der Waals surface area contributed by atoms with E-state index in [1.54, 1.807) is 11.7 Å². The van der Waals surface area contributed by atoms with Gasteiger partial charge in [0.2, 0.25) is 0 Å². The zero-order chi connectivity index (χ0) is 17.4. The Morgan fingerprint density at radius 3 is 2.72 bits per heavy atom. The summed E-state index contributed by atoms with van der Waals surface area (Å²) in [4.78, 5) is 21.4. The Hall–Kier alpha value is -2.34. The molecular weight excluding hydrogens is 316 g/mol. The lowest BCUT2D eigenvalue weighted by Gasteiger charge is -2.36. The summed E-state index contributed by atoms with van der Waals surface area (Å²) in [5.41, 5.74) is 2.23. The van der Waals surface area contributed by atoms with Crippen LogP contribution in [0, 0.1) is 6.92 Å². The number of methoxy groups -OCH3 is 1. The Labute approximate surface area is 148 Å². The number of aryl methyl sites for hydroxylation is 1. The average molecular weight is 340 g/mol. The number of likely N-dealkylation sites (tertiary alicyclic amines) is 1. The third-order valence-corrected chi connectivity index (χ3v) is 5.36. The number of carbonyl (C=O) groups is 1. The number of rotatable bonds is 4. The topological polar surface area (TPSA) is 50.6 Å². The predicted octanol–water partition coefficient (Wildman–Crippen LogP) is 2.65. The zero-order valence-electron chi connectivity index (χ0n) is 14.8. The molecule has 1 saturated heterocycles. The standard InChI is InChI=1S/C19H24N4O2/c1-14-20-11-17-13-22(19(24)23(14)17)16-7-9-21(10-8-16)12-15-5-3-4-6-18(15)25-2/h3-6,11,16H,7-10,12-13H2,1-2H3. The van der Waals surface area contributed by atoms with Crippen LogP contribution in [0.15, 0.2) is 30.5 Å². The molecule has 4 rings (SSSR count). The number of amides is 1. The van der Waals surface area contributed by atoms with Crippen molar-refractivity contribution in [3.63, 3.8) is 0 Å². The third kappa shape index (κ3) is 2.91. The summed E-state index contributed by atoms with van der Waals surface area (Å²) >= 11 is 0. The quantitative estimate of drug-likeness (QED) is 0.859. The molecule has 0 aliphatic carbocycles. The van der Waals surface area contributed by atoms with Gasteiger partial charge in [-0.1, -0.05) is 18.2 Å². The lowest BCUT2D eigenvalue weighted by Crippen LogP contribution is -2.45.